The van der Waals surface area contributed by atoms with Gasteiger partial charge in [0.05, 0.1) is 25.4 Å². The molecule has 0 aromatic rings. The van der Waals surface area contributed by atoms with Gasteiger partial charge in [-0.2, -0.15) is 0 Å². The zero-order valence-corrected chi connectivity index (χ0v) is 62.1. The molecule has 6 nitrogen and oxygen atoms in total. The number of aliphatic hydroxyl groups is 2. The normalized spacial score (nSPS) is 12.5. The first-order valence-electron chi connectivity index (χ1n) is 42.1. The number of amides is 1. The first kappa shape index (κ1) is 89.3. The molecule has 0 rings (SSSR count). The summed E-state index contributed by atoms with van der Waals surface area (Å²) in [5, 5.41) is 23.5. The van der Waals surface area contributed by atoms with E-state index in [2.05, 4.69) is 43.5 Å². The number of unbranched alkanes of at least 4 members (excludes halogenated alkanes) is 65. The van der Waals surface area contributed by atoms with Gasteiger partial charge in [-0.3, -0.25) is 9.59 Å². The number of carbonyl (C=O) groups is 2. The van der Waals surface area contributed by atoms with Crippen LogP contribution in [-0.4, -0.2) is 47.4 Å². The zero-order valence-electron chi connectivity index (χ0n) is 62.1. The van der Waals surface area contributed by atoms with Crippen LogP contribution < -0.4 is 5.32 Å². The van der Waals surface area contributed by atoms with Crippen LogP contribution in [0.4, 0.5) is 0 Å². The third-order valence-electron chi connectivity index (χ3n) is 20.0. The van der Waals surface area contributed by atoms with Crippen LogP contribution in [0.3, 0.4) is 0 Å². The highest BCUT2D eigenvalue weighted by Crippen LogP contribution is 2.20. The predicted molar refractivity (Wildman–Crippen MR) is 403 cm³/mol. The number of esters is 1. The molecule has 540 valence electrons. The summed E-state index contributed by atoms with van der Waals surface area (Å²) >= 11 is 0. The second-order valence-corrected chi connectivity index (χ2v) is 29.2. The summed E-state index contributed by atoms with van der Waals surface area (Å²) in [6, 6.07) is -0.540. The maximum Gasteiger partial charge on any atom is 0.305 e. The van der Waals surface area contributed by atoms with E-state index in [4.69, 9.17) is 4.74 Å². The van der Waals surface area contributed by atoms with Crippen molar-refractivity contribution in [3.8, 4) is 0 Å². The summed E-state index contributed by atoms with van der Waals surface area (Å²) in [5.74, 6) is -0.00754. The van der Waals surface area contributed by atoms with E-state index in [-0.39, 0.29) is 18.5 Å². The molecule has 0 aliphatic heterocycles. The monoisotopic (exact) mass is 1280 g/mol. The SMILES string of the molecule is CCCCCCCC/C=C\CCCCCCCCCC(=O)OCCCCCCCCCCCCCCCC/C=C\CCCCCCCCCCCCCCCCCCCC(=O)NC(CO)C(O)CCCCCCCCCCCCCCCCCCCCCCCC. The molecule has 0 aromatic carbocycles. The Balaban J connectivity index is 3.34. The van der Waals surface area contributed by atoms with Crippen molar-refractivity contribution in [3.05, 3.63) is 24.3 Å². The number of hydrogen-bond acceptors (Lipinski definition) is 5. The highest BCUT2D eigenvalue weighted by Gasteiger charge is 2.20. The van der Waals surface area contributed by atoms with E-state index in [0.29, 0.717) is 25.9 Å². The van der Waals surface area contributed by atoms with Crippen LogP contribution >= 0.6 is 0 Å². The molecule has 0 spiro atoms. The second kappa shape index (κ2) is 80.8. The molecular weight excluding hydrogens is 1110 g/mol. The Bertz CT molecular complexity index is 1430. The van der Waals surface area contributed by atoms with E-state index in [0.717, 1.165) is 44.9 Å². The summed E-state index contributed by atoms with van der Waals surface area (Å²) in [5.41, 5.74) is 0. The second-order valence-electron chi connectivity index (χ2n) is 29.2. The van der Waals surface area contributed by atoms with E-state index < -0.39 is 12.1 Å². The molecule has 0 fully saturated rings. The van der Waals surface area contributed by atoms with E-state index in [9.17, 15) is 19.8 Å². The number of aliphatic hydroxyl groups excluding tert-OH is 2. The van der Waals surface area contributed by atoms with Gasteiger partial charge in [0, 0.05) is 12.8 Å². The minimum Gasteiger partial charge on any atom is -0.466 e. The average Bonchev–Trinajstić information content (AvgIpc) is 3.59. The van der Waals surface area contributed by atoms with Crippen molar-refractivity contribution >= 4 is 11.9 Å². The molecule has 0 saturated carbocycles. The third-order valence-corrected chi connectivity index (χ3v) is 20.0. The number of nitrogens with one attached hydrogen (secondary N) is 1. The van der Waals surface area contributed by atoms with Gasteiger partial charge in [-0.05, 0) is 77.0 Å². The van der Waals surface area contributed by atoms with E-state index >= 15 is 0 Å². The van der Waals surface area contributed by atoms with Crippen LogP contribution in [-0.2, 0) is 14.3 Å². The smallest absolute Gasteiger partial charge is 0.305 e. The van der Waals surface area contributed by atoms with Gasteiger partial charge in [0.15, 0.2) is 0 Å². The molecule has 0 radical (unpaired) electrons. The van der Waals surface area contributed by atoms with Crippen LogP contribution in [0.15, 0.2) is 24.3 Å². The standard InChI is InChI=1S/C85H165NO5/c1-3-5-7-9-11-13-15-17-19-21-22-23-39-42-46-49-53-57-61-65-69-73-77-83(88)82(81-87)86-84(89)78-74-70-66-62-58-54-50-47-43-40-37-35-33-31-29-27-25-24-26-28-30-32-34-36-38-41-44-48-52-56-60-64-68-72-76-80-91-85(90)79-75-71-67-63-59-55-51-45-20-18-16-14-12-10-8-6-4-2/h18,20,26,28,82-83,87-88H,3-17,19,21-25,27,29-81H2,1-2H3,(H,86,89)/b20-18-,28-26-. The highest BCUT2D eigenvalue weighted by atomic mass is 16.5. The third kappa shape index (κ3) is 77.2. The molecule has 0 aliphatic carbocycles. The molecule has 2 unspecified atom stereocenters. The number of ether oxygens (including phenoxy) is 1. The highest BCUT2D eigenvalue weighted by molar-refractivity contribution is 5.76. The molecule has 0 saturated heterocycles. The van der Waals surface area contributed by atoms with Crippen molar-refractivity contribution in [2.75, 3.05) is 13.2 Å². The lowest BCUT2D eigenvalue weighted by Gasteiger charge is -2.22. The first-order chi connectivity index (χ1) is 45.0. The summed E-state index contributed by atoms with van der Waals surface area (Å²) in [7, 11) is 0. The summed E-state index contributed by atoms with van der Waals surface area (Å²) in [4.78, 5) is 24.7. The zero-order chi connectivity index (χ0) is 65.6. The van der Waals surface area contributed by atoms with Crippen molar-refractivity contribution in [3.63, 3.8) is 0 Å². The molecule has 1 amide bonds. The van der Waals surface area contributed by atoms with Gasteiger partial charge in [-0.25, -0.2) is 0 Å². The Morgan fingerprint density at radius 2 is 0.516 bits per heavy atom. The molecule has 2 atom stereocenters. The van der Waals surface area contributed by atoms with E-state index in [1.165, 1.54) is 405 Å². The lowest BCUT2D eigenvalue weighted by molar-refractivity contribution is -0.143. The molecule has 0 aliphatic rings. The summed E-state index contributed by atoms with van der Waals surface area (Å²) in [6.07, 6.45) is 104. The summed E-state index contributed by atoms with van der Waals surface area (Å²) < 4.78 is 5.51. The summed E-state index contributed by atoms with van der Waals surface area (Å²) in [6.45, 7) is 5.01. The lowest BCUT2D eigenvalue weighted by atomic mass is 10.0. The first-order valence-corrected chi connectivity index (χ1v) is 42.1. The molecule has 6 heteroatoms. The molecule has 3 N–H and O–H groups in total. The quantitative estimate of drug-likeness (QED) is 0.0320. The largest absolute Gasteiger partial charge is 0.466 e. The van der Waals surface area contributed by atoms with Crippen LogP contribution in [0.25, 0.3) is 0 Å². The molecular formula is C85H165NO5. The van der Waals surface area contributed by atoms with Crippen molar-refractivity contribution in [2.24, 2.45) is 0 Å². The Kier molecular flexibility index (Phi) is 79.3. The molecule has 0 bridgehead atoms. The van der Waals surface area contributed by atoms with Crippen molar-refractivity contribution in [1.29, 1.82) is 0 Å². The van der Waals surface area contributed by atoms with Gasteiger partial charge in [-0.1, -0.05) is 417 Å². The van der Waals surface area contributed by atoms with Gasteiger partial charge >= 0.3 is 5.97 Å². The van der Waals surface area contributed by atoms with Crippen LogP contribution in [0, 0.1) is 0 Å². The number of allylic oxidation sites excluding steroid dienone is 4. The minimum absolute atomic E-state index is 0.0180. The van der Waals surface area contributed by atoms with Gasteiger partial charge in [0.2, 0.25) is 5.91 Å². The Morgan fingerprint density at radius 1 is 0.297 bits per heavy atom. The van der Waals surface area contributed by atoms with Crippen molar-refractivity contribution < 1.29 is 24.5 Å². The van der Waals surface area contributed by atoms with Gasteiger partial charge in [-0.15, -0.1) is 0 Å². The lowest BCUT2D eigenvalue weighted by Crippen LogP contribution is -2.45. The predicted octanol–water partition coefficient (Wildman–Crippen LogP) is 28.0. The number of rotatable bonds is 80. The van der Waals surface area contributed by atoms with Crippen LogP contribution in [0.2, 0.25) is 0 Å². The van der Waals surface area contributed by atoms with Crippen molar-refractivity contribution in [2.45, 2.75) is 495 Å². The maximum absolute atomic E-state index is 12.6. The fourth-order valence-corrected chi connectivity index (χ4v) is 13.6. The van der Waals surface area contributed by atoms with Gasteiger partial charge in [0.1, 0.15) is 0 Å². The average molecular weight is 1280 g/mol. The molecule has 0 heterocycles. The van der Waals surface area contributed by atoms with Crippen molar-refractivity contribution in [1.82, 2.24) is 5.32 Å². The van der Waals surface area contributed by atoms with Crippen LogP contribution in [0.1, 0.15) is 483 Å². The fourth-order valence-electron chi connectivity index (χ4n) is 13.6. The number of carbonyl (C=O) groups excluding carboxylic acids is 2. The van der Waals surface area contributed by atoms with Crippen LogP contribution in [0.5, 0.6) is 0 Å². The molecule has 91 heavy (non-hydrogen) atoms. The Labute approximate surface area is 571 Å². The van der Waals surface area contributed by atoms with E-state index in [1.807, 2.05) is 0 Å². The molecule has 0 aromatic heterocycles. The minimum atomic E-state index is -0.663. The Morgan fingerprint density at radius 3 is 0.780 bits per heavy atom. The van der Waals surface area contributed by atoms with Gasteiger partial charge < -0.3 is 20.3 Å². The maximum atomic E-state index is 12.6. The van der Waals surface area contributed by atoms with Gasteiger partial charge in [0.25, 0.3) is 0 Å². The fraction of sp³-hybridized carbons (Fsp3) is 0.929. The topological polar surface area (TPSA) is 95.9 Å². The Hall–Kier alpha value is -1.66. The number of hydrogen-bond donors (Lipinski definition) is 3. The van der Waals surface area contributed by atoms with E-state index in [1.54, 1.807) is 0 Å².